The summed E-state index contributed by atoms with van der Waals surface area (Å²) in [6, 6.07) is 0. The Morgan fingerprint density at radius 1 is 1.27 bits per heavy atom. The number of halogens is 1. The van der Waals surface area contributed by atoms with Gasteiger partial charge in [0.15, 0.2) is 11.6 Å². The van der Waals surface area contributed by atoms with Gasteiger partial charge in [-0.1, -0.05) is 0 Å². The summed E-state index contributed by atoms with van der Waals surface area (Å²) in [6.45, 7) is 3.89. The van der Waals surface area contributed by atoms with Gasteiger partial charge in [0.25, 0.3) is 5.56 Å². The second-order valence-corrected chi connectivity index (χ2v) is 5.66. The maximum absolute atomic E-state index is 13.7. The lowest BCUT2D eigenvalue weighted by atomic mass is 9.96. The molecule has 0 aromatic carbocycles. The van der Waals surface area contributed by atoms with Crippen LogP contribution in [-0.4, -0.2) is 32.6 Å². The van der Waals surface area contributed by atoms with Crippen LogP contribution in [0.3, 0.4) is 0 Å². The minimum Gasteiger partial charge on any atom is -0.354 e. The molecule has 0 N–H and O–H groups in total. The lowest BCUT2D eigenvalue weighted by Crippen LogP contribution is -2.37. The van der Waals surface area contributed by atoms with Crippen molar-refractivity contribution in [1.29, 1.82) is 0 Å². The Hall–Kier alpha value is -2.31. The van der Waals surface area contributed by atoms with Gasteiger partial charge in [-0.25, -0.2) is 19.3 Å². The van der Waals surface area contributed by atoms with E-state index in [2.05, 4.69) is 15.0 Å². The van der Waals surface area contributed by atoms with Crippen molar-refractivity contribution in [1.82, 2.24) is 19.5 Å². The number of rotatable bonds is 3. The zero-order valence-electron chi connectivity index (χ0n) is 12.4. The molecule has 1 saturated heterocycles. The highest BCUT2D eigenvalue weighted by molar-refractivity contribution is 5.38. The largest absolute Gasteiger partial charge is 0.354 e. The number of anilines is 1. The van der Waals surface area contributed by atoms with Crippen molar-refractivity contribution in [2.75, 3.05) is 18.0 Å². The molecule has 0 spiro atoms. The zero-order valence-corrected chi connectivity index (χ0v) is 12.4. The average Bonchev–Trinajstić information content (AvgIpc) is 2.53. The lowest BCUT2D eigenvalue weighted by Gasteiger charge is -2.32. The van der Waals surface area contributed by atoms with Crippen LogP contribution in [0.25, 0.3) is 0 Å². The molecule has 0 atom stereocenters. The molecule has 1 aliphatic heterocycles. The number of hydrogen-bond donors (Lipinski definition) is 0. The first-order valence-electron chi connectivity index (χ1n) is 7.36. The zero-order chi connectivity index (χ0) is 15.5. The van der Waals surface area contributed by atoms with Crippen LogP contribution >= 0.6 is 0 Å². The van der Waals surface area contributed by atoms with E-state index in [4.69, 9.17) is 0 Å². The van der Waals surface area contributed by atoms with Crippen molar-refractivity contribution in [3.05, 3.63) is 46.8 Å². The molecule has 2 aromatic heterocycles. The van der Waals surface area contributed by atoms with E-state index in [1.165, 1.54) is 12.5 Å². The summed E-state index contributed by atoms with van der Waals surface area (Å²) in [5.41, 5.74) is 0.669. The molecule has 1 aliphatic rings. The van der Waals surface area contributed by atoms with Gasteiger partial charge < -0.3 is 4.90 Å². The predicted molar refractivity (Wildman–Crippen MR) is 80.2 cm³/mol. The van der Waals surface area contributed by atoms with E-state index < -0.39 is 0 Å². The highest BCUT2D eigenvalue weighted by atomic mass is 19.1. The standard InChI is InChI=1S/C15H18FN5O/c1-11-6-18-10-21(15(11)22)8-12-2-4-20(5-3-12)14-13(16)7-17-9-19-14/h6-7,9-10,12H,2-5,8H2,1H3. The van der Waals surface area contributed by atoms with Crippen LogP contribution in [0.1, 0.15) is 18.4 Å². The molecule has 1 fully saturated rings. The minimum atomic E-state index is -0.389. The van der Waals surface area contributed by atoms with Crippen LogP contribution < -0.4 is 10.5 Å². The molecule has 3 heterocycles. The van der Waals surface area contributed by atoms with E-state index in [0.717, 1.165) is 25.9 Å². The van der Waals surface area contributed by atoms with Crippen LogP contribution in [0.5, 0.6) is 0 Å². The van der Waals surface area contributed by atoms with Crippen molar-refractivity contribution >= 4 is 5.82 Å². The second kappa shape index (κ2) is 6.21. The Morgan fingerprint density at radius 2 is 2.05 bits per heavy atom. The van der Waals surface area contributed by atoms with Crippen LogP contribution in [0, 0.1) is 18.7 Å². The lowest BCUT2D eigenvalue weighted by molar-refractivity contribution is 0.348. The fraction of sp³-hybridized carbons (Fsp3) is 0.467. The van der Waals surface area contributed by atoms with Gasteiger partial charge in [-0.05, 0) is 25.7 Å². The summed E-state index contributed by atoms with van der Waals surface area (Å²) in [5.74, 6) is 0.366. The Balaban J connectivity index is 1.64. The van der Waals surface area contributed by atoms with Crippen LogP contribution in [-0.2, 0) is 6.54 Å². The van der Waals surface area contributed by atoms with Gasteiger partial charge in [0.2, 0.25) is 0 Å². The van der Waals surface area contributed by atoms with E-state index in [0.29, 0.717) is 23.8 Å². The fourth-order valence-electron chi connectivity index (χ4n) is 2.83. The van der Waals surface area contributed by atoms with E-state index in [1.54, 1.807) is 24.0 Å². The van der Waals surface area contributed by atoms with E-state index in [1.807, 2.05) is 4.90 Å². The number of aromatic nitrogens is 4. The predicted octanol–water partition coefficient (Wildman–Crippen LogP) is 1.40. The molecular formula is C15H18FN5O. The summed E-state index contributed by atoms with van der Waals surface area (Å²) in [4.78, 5) is 25.7. The first-order valence-corrected chi connectivity index (χ1v) is 7.36. The van der Waals surface area contributed by atoms with Gasteiger partial charge in [-0.2, -0.15) is 0 Å². The van der Waals surface area contributed by atoms with E-state index in [-0.39, 0.29) is 11.4 Å². The van der Waals surface area contributed by atoms with Gasteiger partial charge in [0, 0.05) is 31.4 Å². The average molecular weight is 303 g/mol. The van der Waals surface area contributed by atoms with E-state index >= 15 is 0 Å². The smallest absolute Gasteiger partial charge is 0.256 e. The molecule has 3 rings (SSSR count). The molecule has 0 bridgehead atoms. The summed E-state index contributed by atoms with van der Waals surface area (Å²) in [6.07, 6.45) is 7.51. The van der Waals surface area contributed by atoms with Gasteiger partial charge >= 0.3 is 0 Å². The Kier molecular flexibility index (Phi) is 4.13. The molecule has 7 heteroatoms. The molecule has 22 heavy (non-hydrogen) atoms. The third-order valence-electron chi connectivity index (χ3n) is 4.09. The SMILES string of the molecule is Cc1cncn(CC2CCN(c3ncncc3F)CC2)c1=O. The maximum atomic E-state index is 13.7. The van der Waals surface area contributed by atoms with E-state index in [9.17, 15) is 9.18 Å². The molecule has 0 radical (unpaired) electrons. The molecule has 116 valence electrons. The first kappa shape index (κ1) is 14.6. The molecular weight excluding hydrogens is 285 g/mol. The van der Waals surface area contributed by atoms with Gasteiger partial charge in [-0.15, -0.1) is 0 Å². The summed E-state index contributed by atoms with van der Waals surface area (Å²) in [7, 11) is 0. The topological polar surface area (TPSA) is 63.9 Å². The third kappa shape index (κ3) is 2.98. The van der Waals surface area contributed by atoms with Crippen molar-refractivity contribution < 1.29 is 4.39 Å². The quantitative estimate of drug-likeness (QED) is 0.857. The number of piperidine rings is 1. The molecule has 0 saturated carbocycles. The van der Waals surface area contributed by atoms with Gasteiger partial charge in [0.05, 0.1) is 12.5 Å². The highest BCUT2D eigenvalue weighted by Gasteiger charge is 2.22. The number of nitrogens with zero attached hydrogens (tertiary/aromatic N) is 5. The third-order valence-corrected chi connectivity index (χ3v) is 4.09. The number of aryl methyl sites for hydroxylation is 1. The van der Waals surface area contributed by atoms with Crippen molar-refractivity contribution in [2.24, 2.45) is 5.92 Å². The molecule has 0 aliphatic carbocycles. The molecule has 0 unspecified atom stereocenters. The molecule has 0 amide bonds. The molecule has 6 nitrogen and oxygen atoms in total. The summed E-state index contributed by atoms with van der Waals surface area (Å²) >= 11 is 0. The summed E-state index contributed by atoms with van der Waals surface area (Å²) < 4.78 is 15.4. The normalized spacial score (nSPS) is 16.0. The monoisotopic (exact) mass is 303 g/mol. The van der Waals surface area contributed by atoms with Crippen molar-refractivity contribution in [3.8, 4) is 0 Å². The Bertz CT molecular complexity index is 709. The van der Waals surface area contributed by atoms with Crippen LogP contribution in [0.2, 0.25) is 0 Å². The Morgan fingerprint density at radius 3 is 2.77 bits per heavy atom. The van der Waals surface area contributed by atoms with Crippen molar-refractivity contribution in [3.63, 3.8) is 0 Å². The van der Waals surface area contributed by atoms with Crippen LogP contribution in [0.15, 0.2) is 29.8 Å². The summed E-state index contributed by atoms with van der Waals surface area (Å²) in [5, 5.41) is 0. The Labute approximate surface area is 127 Å². The van der Waals surface area contributed by atoms with Gasteiger partial charge in [-0.3, -0.25) is 9.36 Å². The second-order valence-electron chi connectivity index (χ2n) is 5.66. The number of hydrogen-bond acceptors (Lipinski definition) is 5. The minimum absolute atomic E-state index is 0.0132. The van der Waals surface area contributed by atoms with Crippen molar-refractivity contribution in [2.45, 2.75) is 26.3 Å². The van der Waals surface area contributed by atoms with Gasteiger partial charge in [0.1, 0.15) is 6.33 Å². The maximum Gasteiger partial charge on any atom is 0.256 e. The van der Waals surface area contributed by atoms with Crippen LogP contribution in [0.4, 0.5) is 10.2 Å². The molecule has 2 aromatic rings. The fourth-order valence-corrected chi connectivity index (χ4v) is 2.83. The first-order chi connectivity index (χ1) is 10.6. The highest BCUT2D eigenvalue weighted by Crippen LogP contribution is 2.23.